The maximum atomic E-state index is 13.0. The molecule has 7 nitrogen and oxygen atoms in total. The molecule has 0 spiro atoms. The second kappa shape index (κ2) is 7.54. The van der Waals surface area contributed by atoms with E-state index >= 15 is 0 Å². The van der Waals surface area contributed by atoms with Crippen LogP contribution < -0.4 is 11.1 Å². The van der Waals surface area contributed by atoms with E-state index in [4.69, 9.17) is 5.73 Å². The number of benzene rings is 1. The Labute approximate surface area is 135 Å². The molecule has 120 valence electrons. The lowest BCUT2D eigenvalue weighted by molar-refractivity contribution is -0.117. The Morgan fingerprint density at radius 2 is 2.04 bits per heavy atom. The smallest absolute Gasteiger partial charge is 0.318 e. The summed E-state index contributed by atoms with van der Waals surface area (Å²) < 4.78 is 14.8. The Balaban J connectivity index is 2.20. The molecule has 3 amide bonds. The van der Waals surface area contributed by atoms with Crippen molar-refractivity contribution < 1.29 is 14.0 Å². The van der Waals surface area contributed by atoms with Crippen LogP contribution in [0.1, 0.15) is 0 Å². The Morgan fingerprint density at radius 1 is 1.35 bits per heavy atom. The number of urea groups is 1. The zero-order valence-electron chi connectivity index (χ0n) is 12.0. The van der Waals surface area contributed by atoms with Gasteiger partial charge in [-0.25, -0.2) is 9.18 Å². The molecule has 1 aromatic heterocycles. The van der Waals surface area contributed by atoms with Crippen LogP contribution in [0.2, 0.25) is 0 Å². The molecule has 0 bridgehead atoms. The number of halogens is 1. The lowest BCUT2D eigenvalue weighted by Crippen LogP contribution is -2.36. The number of carbonyl (C=O) groups is 2. The Kier molecular flexibility index (Phi) is 5.47. The molecule has 2 aromatic rings. The van der Waals surface area contributed by atoms with E-state index < -0.39 is 11.9 Å². The maximum absolute atomic E-state index is 13.0. The van der Waals surface area contributed by atoms with Crippen molar-refractivity contribution in [3.05, 3.63) is 42.7 Å². The molecule has 3 N–H and O–H groups in total. The topological polar surface area (TPSA) is 103 Å². The van der Waals surface area contributed by atoms with E-state index in [-0.39, 0.29) is 11.6 Å². The number of amides is 3. The molecule has 0 unspecified atom stereocenters. The lowest BCUT2D eigenvalue weighted by atomic mass is 10.2. The molecule has 1 aromatic carbocycles. The van der Waals surface area contributed by atoms with Crippen molar-refractivity contribution >= 4 is 23.7 Å². The van der Waals surface area contributed by atoms with Crippen LogP contribution in [-0.2, 0) is 11.3 Å². The number of hydrogen-bond donors (Lipinski definition) is 2. The van der Waals surface area contributed by atoms with E-state index in [0.29, 0.717) is 23.1 Å². The van der Waals surface area contributed by atoms with Crippen LogP contribution in [-0.4, -0.2) is 32.5 Å². The van der Waals surface area contributed by atoms with Gasteiger partial charge in [0.1, 0.15) is 5.82 Å². The summed E-state index contributed by atoms with van der Waals surface area (Å²) in [6.07, 6.45) is 1.66. The van der Waals surface area contributed by atoms with E-state index in [1.54, 1.807) is 22.8 Å². The second-order valence-corrected chi connectivity index (χ2v) is 5.36. The number of aromatic nitrogens is 3. The molecule has 0 atom stereocenters. The summed E-state index contributed by atoms with van der Waals surface area (Å²) in [4.78, 5) is 22.1. The predicted octanol–water partition coefficient (Wildman–Crippen LogP) is 1.56. The quantitative estimate of drug-likeness (QED) is 0.616. The van der Waals surface area contributed by atoms with Gasteiger partial charge >= 0.3 is 6.03 Å². The fourth-order valence-corrected chi connectivity index (χ4v) is 2.55. The number of primary amides is 1. The molecule has 0 saturated heterocycles. The fraction of sp³-hybridized carbons (Fsp3) is 0.143. The van der Waals surface area contributed by atoms with E-state index in [1.165, 1.54) is 12.1 Å². The zero-order valence-corrected chi connectivity index (χ0v) is 12.8. The predicted molar refractivity (Wildman–Crippen MR) is 84.1 cm³/mol. The number of nitrogens with zero attached hydrogens (tertiary/aromatic N) is 3. The highest BCUT2D eigenvalue weighted by atomic mass is 32.2. The first-order valence-corrected chi connectivity index (χ1v) is 7.52. The minimum absolute atomic E-state index is 0.0400. The van der Waals surface area contributed by atoms with Crippen molar-refractivity contribution in [2.75, 3.05) is 5.75 Å². The number of imide groups is 1. The van der Waals surface area contributed by atoms with Gasteiger partial charge in [0, 0.05) is 12.1 Å². The van der Waals surface area contributed by atoms with Gasteiger partial charge in [-0.1, -0.05) is 17.8 Å². The molecular formula is C14H14FN5O2S. The molecular weight excluding hydrogens is 321 g/mol. The number of rotatable bonds is 6. The van der Waals surface area contributed by atoms with Gasteiger partial charge < -0.3 is 5.73 Å². The van der Waals surface area contributed by atoms with Gasteiger partial charge in [0.15, 0.2) is 11.0 Å². The molecule has 2 rings (SSSR count). The number of thioether (sulfide) groups is 1. The number of nitrogens with one attached hydrogen (secondary N) is 1. The normalized spacial score (nSPS) is 10.3. The number of allylic oxidation sites excluding steroid dienone is 1. The molecule has 1 heterocycles. The van der Waals surface area contributed by atoms with E-state index in [1.807, 2.05) is 5.32 Å². The van der Waals surface area contributed by atoms with Gasteiger partial charge in [-0.15, -0.1) is 16.8 Å². The maximum Gasteiger partial charge on any atom is 0.318 e. The number of nitrogens with two attached hydrogens (primary N) is 1. The van der Waals surface area contributed by atoms with Gasteiger partial charge in [0.05, 0.1) is 5.75 Å². The summed E-state index contributed by atoms with van der Waals surface area (Å²) in [5.74, 6) is -0.385. The molecule has 0 aliphatic heterocycles. The molecule has 9 heteroatoms. The first-order chi connectivity index (χ1) is 11.0. The minimum Gasteiger partial charge on any atom is -0.351 e. The van der Waals surface area contributed by atoms with E-state index in [9.17, 15) is 14.0 Å². The molecule has 23 heavy (non-hydrogen) atoms. The third kappa shape index (κ3) is 4.39. The molecule has 0 fully saturated rings. The van der Waals surface area contributed by atoms with Crippen molar-refractivity contribution in [3.63, 3.8) is 0 Å². The van der Waals surface area contributed by atoms with Crippen molar-refractivity contribution in [1.29, 1.82) is 0 Å². The fourth-order valence-electron chi connectivity index (χ4n) is 1.81. The monoisotopic (exact) mass is 335 g/mol. The van der Waals surface area contributed by atoms with Crippen LogP contribution >= 0.6 is 11.8 Å². The van der Waals surface area contributed by atoms with Gasteiger partial charge in [0.2, 0.25) is 5.91 Å². The highest BCUT2D eigenvalue weighted by molar-refractivity contribution is 7.99. The third-order valence-corrected chi connectivity index (χ3v) is 3.69. The van der Waals surface area contributed by atoms with Crippen molar-refractivity contribution in [3.8, 4) is 11.4 Å². The molecule has 0 saturated carbocycles. The number of carbonyl (C=O) groups excluding carboxylic acids is 2. The van der Waals surface area contributed by atoms with E-state index in [0.717, 1.165) is 11.8 Å². The largest absolute Gasteiger partial charge is 0.351 e. The average molecular weight is 335 g/mol. The summed E-state index contributed by atoms with van der Waals surface area (Å²) in [5.41, 5.74) is 5.56. The summed E-state index contributed by atoms with van der Waals surface area (Å²) in [6.45, 7) is 4.09. The van der Waals surface area contributed by atoms with E-state index in [2.05, 4.69) is 16.8 Å². The van der Waals surface area contributed by atoms with Crippen LogP contribution in [0.5, 0.6) is 0 Å². The van der Waals surface area contributed by atoms with Crippen LogP contribution in [0.15, 0.2) is 42.1 Å². The number of hydrogen-bond acceptors (Lipinski definition) is 5. The first-order valence-electron chi connectivity index (χ1n) is 6.53. The summed E-state index contributed by atoms with van der Waals surface area (Å²) in [6, 6.07) is 4.93. The SMILES string of the molecule is C=CCn1c(SCC(=O)NC(N)=O)nnc1-c1ccc(F)cc1. The highest BCUT2D eigenvalue weighted by Gasteiger charge is 2.15. The van der Waals surface area contributed by atoms with Crippen LogP contribution in [0, 0.1) is 5.82 Å². The highest BCUT2D eigenvalue weighted by Crippen LogP contribution is 2.24. The second-order valence-electron chi connectivity index (χ2n) is 4.41. The minimum atomic E-state index is -0.907. The van der Waals surface area contributed by atoms with Crippen molar-refractivity contribution in [2.45, 2.75) is 11.7 Å². The molecule has 0 radical (unpaired) electrons. The summed E-state index contributed by atoms with van der Waals surface area (Å²) >= 11 is 1.10. The molecule has 0 aliphatic rings. The van der Waals surface area contributed by atoms with Gasteiger partial charge in [0.25, 0.3) is 0 Å². The Hall–Kier alpha value is -2.68. The average Bonchev–Trinajstić information content (AvgIpc) is 2.89. The van der Waals surface area contributed by atoms with Gasteiger partial charge in [-0.3, -0.25) is 14.7 Å². The van der Waals surface area contributed by atoms with Gasteiger partial charge in [-0.2, -0.15) is 0 Å². The van der Waals surface area contributed by atoms with Gasteiger partial charge in [-0.05, 0) is 24.3 Å². The van der Waals surface area contributed by atoms with Crippen molar-refractivity contribution in [2.24, 2.45) is 5.73 Å². The Morgan fingerprint density at radius 3 is 2.65 bits per heavy atom. The summed E-state index contributed by atoms with van der Waals surface area (Å²) in [7, 11) is 0. The Bertz CT molecular complexity index is 729. The van der Waals surface area contributed by atoms with Crippen LogP contribution in [0.4, 0.5) is 9.18 Å². The standard InChI is InChI=1S/C14H14FN5O2S/c1-2-7-20-12(9-3-5-10(15)6-4-9)18-19-14(20)23-8-11(21)17-13(16)22/h2-6H,1,7-8H2,(H3,16,17,21,22). The summed E-state index contributed by atoms with van der Waals surface area (Å²) in [5, 5.41) is 10.5. The lowest BCUT2D eigenvalue weighted by Gasteiger charge is -2.07. The van der Waals surface area contributed by atoms with Crippen LogP contribution in [0.3, 0.4) is 0 Å². The first kappa shape index (κ1) is 16.7. The van der Waals surface area contributed by atoms with Crippen molar-refractivity contribution in [1.82, 2.24) is 20.1 Å². The van der Waals surface area contributed by atoms with Crippen LogP contribution in [0.25, 0.3) is 11.4 Å². The zero-order chi connectivity index (χ0) is 16.8. The molecule has 0 aliphatic carbocycles. The third-order valence-electron chi connectivity index (χ3n) is 2.73.